The minimum atomic E-state index is -4.36. The van der Waals surface area contributed by atoms with Gasteiger partial charge in [0.2, 0.25) is 0 Å². The topological polar surface area (TPSA) is 58.4 Å². The van der Waals surface area contributed by atoms with Crippen LogP contribution < -0.4 is 0 Å². The molecule has 0 aliphatic carbocycles. The molecule has 0 saturated heterocycles. The van der Waals surface area contributed by atoms with Gasteiger partial charge < -0.3 is 10.0 Å². The van der Waals surface area contributed by atoms with Crippen molar-refractivity contribution in [3.8, 4) is 5.69 Å². The van der Waals surface area contributed by atoms with Crippen molar-refractivity contribution in [2.45, 2.75) is 19.6 Å². The van der Waals surface area contributed by atoms with Gasteiger partial charge >= 0.3 is 12.1 Å². The minimum Gasteiger partial charge on any atom is -0.481 e. The lowest BCUT2D eigenvalue weighted by atomic mass is 10.1. The molecular weight excluding hydrogens is 323 g/mol. The van der Waals surface area contributed by atoms with Crippen LogP contribution in [0.1, 0.15) is 18.1 Å². The summed E-state index contributed by atoms with van der Waals surface area (Å²) in [6.07, 6.45) is -1.04. The molecule has 0 amide bonds. The summed E-state index contributed by atoms with van der Waals surface area (Å²) in [7, 11) is 1.80. The first-order chi connectivity index (χ1) is 11.2. The van der Waals surface area contributed by atoms with E-state index in [9.17, 15) is 18.0 Å². The molecule has 0 bridgehead atoms. The SMILES string of the molecule is CC(CN(C)Cc1cnn(-c2ccc(C(F)(F)F)cc2)c1)C(=O)O. The van der Waals surface area contributed by atoms with Gasteiger partial charge in [0.05, 0.1) is 23.4 Å². The Morgan fingerprint density at radius 2 is 1.96 bits per heavy atom. The van der Waals surface area contributed by atoms with E-state index in [0.29, 0.717) is 18.8 Å². The van der Waals surface area contributed by atoms with Crippen LogP contribution in [0.15, 0.2) is 36.7 Å². The number of aliphatic carboxylic acids is 1. The Bertz CT molecular complexity index is 695. The first-order valence-electron chi connectivity index (χ1n) is 7.29. The highest BCUT2D eigenvalue weighted by atomic mass is 19.4. The highest BCUT2D eigenvalue weighted by Gasteiger charge is 2.30. The second-order valence-electron chi connectivity index (χ2n) is 5.77. The molecule has 0 aliphatic heterocycles. The molecule has 1 aromatic carbocycles. The van der Waals surface area contributed by atoms with E-state index in [1.807, 2.05) is 4.90 Å². The highest BCUT2D eigenvalue weighted by molar-refractivity contribution is 5.69. The fourth-order valence-corrected chi connectivity index (χ4v) is 2.31. The molecule has 1 atom stereocenters. The van der Waals surface area contributed by atoms with Gasteiger partial charge in [-0.3, -0.25) is 4.79 Å². The summed E-state index contributed by atoms with van der Waals surface area (Å²) in [5.74, 6) is -1.35. The molecule has 1 N–H and O–H groups in total. The number of nitrogens with zero attached hydrogens (tertiary/aromatic N) is 3. The van der Waals surface area contributed by atoms with E-state index in [2.05, 4.69) is 5.10 Å². The van der Waals surface area contributed by atoms with E-state index >= 15 is 0 Å². The lowest BCUT2D eigenvalue weighted by Gasteiger charge is -2.17. The van der Waals surface area contributed by atoms with Gasteiger partial charge in [-0.1, -0.05) is 6.92 Å². The number of alkyl halides is 3. The number of hydrogen-bond acceptors (Lipinski definition) is 3. The molecule has 8 heteroatoms. The third-order valence-corrected chi connectivity index (χ3v) is 3.55. The smallest absolute Gasteiger partial charge is 0.416 e. The Balaban J connectivity index is 2.04. The quantitative estimate of drug-likeness (QED) is 0.877. The van der Waals surface area contributed by atoms with Crippen LogP contribution in [-0.4, -0.2) is 39.3 Å². The first-order valence-corrected chi connectivity index (χ1v) is 7.29. The van der Waals surface area contributed by atoms with Gasteiger partial charge in [0.1, 0.15) is 0 Å². The number of benzene rings is 1. The van der Waals surface area contributed by atoms with E-state index in [1.165, 1.54) is 16.8 Å². The Labute approximate surface area is 137 Å². The summed E-state index contributed by atoms with van der Waals surface area (Å²) in [6.45, 7) is 2.52. The number of aromatic nitrogens is 2. The average Bonchev–Trinajstić information content (AvgIpc) is 2.94. The van der Waals surface area contributed by atoms with Crippen LogP contribution in [0.25, 0.3) is 5.69 Å². The van der Waals surface area contributed by atoms with Crippen LogP contribution in [0.5, 0.6) is 0 Å². The molecule has 0 saturated carbocycles. The predicted molar refractivity (Wildman–Crippen MR) is 81.7 cm³/mol. The summed E-state index contributed by atoms with van der Waals surface area (Å²) in [5, 5.41) is 13.0. The molecule has 24 heavy (non-hydrogen) atoms. The average molecular weight is 341 g/mol. The maximum Gasteiger partial charge on any atom is 0.416 e. The van der Waals surface area contributed by atoms with E-state index in [0.717, 1.165) is 17.7 Å². The number of carboxylic acids is 1. The Morgan fingerprint density at radius 3 is 2.50 bits per heavy atom. The molecule has 5 nitrogen and oxygen atoms in total. The van der Waals surface area contributed by atoms with Gasteiger partial charge in [0.25, 0.3) is 0 Å². The minimum absolute atomic E-state index is 0.390. The summed E-state index contributed by atoms with van der Waals surface area (Å²) in [4.78, 5) is 12.7. The lowest BCUT2D eigenvalue weighted by molar-refractivity contribution is -0.141. The van der Waals surface area contributed by atoms with Crippen LogP contribution >= 0.6 is 0 Å². The van der Waals surface area contributed by atoms with E-state index in [-0.39, 0.29) is 0 Å². The molecule has 0 radical (unpaired) electrons. The number of halogens is 3. The van der Waals surface area contributed by atoms with Crippen molar-refractivity contribution in [3.63, 3.8) is 0 Å². The van der Waals surface area contributed by atoms with Gasteiger partial charge in [0, 0.05) is 24.8 Å². The predicted octanol–water partition coefficient (Wildman–Crippen LogP) is 3.04. The van der Waals surface area contributed by atoms with Crippen LogP contribution in [0, 0.1) is 5.92 Å². The van der Waals surface area contributed by atoms with Gasteiger partial charge in [-0.25, -0.2) is 4.68 Å². The molecule has 2 aromatic rings. The highest BCUT2D eigenvalue weighted by Crippen LogP contribution is 2.29. The van der Waals surface area contributed by atoms with Crippen molar-refractivity contribution in [2.24, 2.45) is 5.92 Å². The zero-order valence-electron chi connectivity index (χ0n) is 13.3. The third-order valence-electron chi connectivity index (χ3n) is 3.55. The molecule has 1 heterocycles. The van der Waals surface area contributed by atoms with Gasteiger partial charge in [-0.15, -0.1) is 0 Å². The van der Waals surface area contributed by atoms with Crippen molar-refractivity contribution >= 4 is 5.97 Å². The van der Waals surface area contributed by atoms with E-state index < -0.39 is 23.6 Å². The molecular formula is C16H18F3N3O2. The van der Waals surface area contributed by atoms with Crippen LogP contribution in [0.4, 0.5) is 13.2 Å². The summed E-state index contributed by atoms with van der Waals surface area (Å²) in [5.41, 5.74) is 0.659. The maximum absolute atomic E-state index is 12.6. The zero-order chi connectivity index (χ0) is 17.9. The number of hydrogen-bond donors (Lipinski definition) is 1. The number of carbonyl (C=O) groups is 1. The number of rotatable bonds is 6. The molecule has 1 aromatic heterocycles. The summed E-state index contributed by atoms with van der Waals surface area (Å²) in [6, 6.07) is 4.74. The monoisotopic (exact) mass is 341 g/mol. The summed E-state index contributed by atoms with van der Waals surface area (Å²) < 4.78 is 39.2. The Hall–Kier alpha value is -2.35. The van der Waals surface area contributed by atoms with Crippen molar-refractivity contribution in [1.29, 1.82) is 0 Å². The molecule has 0 fully saturated rings. The van der Waals surface area contributed by atoms with E-state index in [1.54, 1.807) is 26.4 Å². The summed E-state index contributed by atoms with van der Waals surface area (Å²) >= 11 is 0. The van der Waals surface area contributed by atoms with Crippen LogP contribution in [0.3, 0.4) is 0 Å². The third kappa shape index (κ3) is 4.58. The lowest BCUT2D eigenvalue weighted by Crippen LogP contribution is -2.28. The fourth-order valence-electron chi connectivity index (χ4n) is 2.31. The number of carboxylic acid groups (broad SMARTS) is 1. The zero-order valence-corrected chi connectivity index (χ0v) is 13.3. The molecule has 0 aliphatic rings. The second-order valence-corrected chi connectivity index (χ2v) is 5.77. The fraction of sp³-hybridized carbons (Fsp3) is 0.375. The molecule has 2 rings (SSSR count). The van der Waals surface area contributed by atoms with Crippen molar-refractivity contribution in [2.75, 3.05) is 13.6 Å². The molecule has 130 valence electrons. The van der Waals surface area contributed by atoms with Crippen molar-refractivity contribution in [1.82, 2.24) is 14.7 Å². The van der Waals surface area contributed by atoms with Crippen LogP contribution in [0.2, 0.25) is 0 Å². The Morgan fingerprint density at radius 1 is 1.33 bits per heavy atom. The molecule has 1 unspecified atom stereocenters. The maximum atomic E-state index is 12.6. The van der Waals surface area contributed by atoms with Gasteiger partial charge in [0.15, 0.2) is 0 Å². The van der Waals surface area contributed by atoms with Crippen molar-refractivity contribution in [3.05, 3.63) is 47.8 Å². The standard InChI is InChI=1S/C16H18F3N3O2/c1-11(15(23)24)8-21(2)9-12-7-20-22(10-12)14-5-3-13(4-6-14)16(17,18)19/h3-7,10-11H,8-9H2,1-2H3,(H,23,24). The largest absolute Gasteiger partial charge is 0.481 e. The normalized spacial score (nSPS) is 13.2. The second kappa shape index (κ2) is 7.04. The Kier molecular flexibility index (Phi) is 5.28. The van der Waals surface area contributed by atoms with Gasteiger partial charge in [-0.05, 0) is 31.3 Å². The first kappa shape index (κ1) is 18.0. The molecule has 0 spiro atoms. The van der Waals surface area contributed by atoms with Crippen molar-refractivity contribution < 1.29 is 23.1 Å². The van der Waals surface area contributed by atoms with Crippen LogP contribution in [-0.2, 0) is 17.5 Å². The van der Waals surface area contributed by atoms with Gasteiger partial charge in [-0.2, -0.15) is 18.3 Å². The van der Waals surface area contributed by atoms with E-state index in [4.69, 9.17) is 5.11 Å².